The van der Waals surface area contributed by atoms with Crippen LogP contribution >= 0.6 is 34.5 Å². The van der Waals surface area contributed by atoms with Gasteiger partial charge >= 0.3 is 0 Å². The molecule has 0 fully saturated rings. The van der Waals surface area contributed by atoms with Gasteiger partial charge < -0.3 is 10.3 Å². The highest BCUT2D eigenvalue weighted by Gasteiger charge is 2.14. The van der Waals surface area contributed by atoms with E-state index in [0.717, 1.165) is 11.1 Å². The Bertz CT molecular complexity index is 738. The Morgan fingerprint density at radius 3 is 2.68 bits per heavy atom. The van der Waals surface area contributed by atoms with Gasteiger partial charge in [0.25, 0.3) is 5.89 Å². The van der Waals surface area contributed by atoms with Crippen molar-refractivity contribution in [2.75, 3.05) is 5.73 Å². The van der Waals surface area contributed by atoms with Crippen molar-refractivity contribution < 1.29 is 4.52 Å². The number of halogens is 2. The number of rotatable bonds is 2. The second-order valence-corrected chi connectivity index (χ2v) is 5.51. The van der Waals surface area contributed by atoms with E-state index in [1.165, 1.54) is 11.3 Å². The first-order valence-corrected chi connectivity index (χ1v) is 6.91. The summed E-state index contributed by atoms with van der Waals surface area (Å²) in [7, 11) is 0. The van der Waals surface area contributed by atoms with Gasteiger partial charge in [-0.2, -0.15) is 4.98 Å². The van der Waals surface area contributed by atoms with Crippen LogP contribution in [-0.2, 0) is 0 Å². The van der Waals surface area contributed by atoms with Crippen molar-refractivity contribution in [2.45, 2.75) is 0 Å². The van der Waals surface area contributed by atoms with E-state index in [4.69, 9.17) is 33.5 Å². The summed E-state index contributed by atoms with van der Waals surface area (Å²) in [6.45, 7) is 0. The van der Waals surface area contributed by atoms with Crippen molar-refractivity contribution in [1.29, 1.82) is 0 Å². The second-order valence-electron chi connectivity index (χ2n) is 3.75. The number of benzene rings is 1. The van der Waals surface area contributed by atoms with E-state index in [-0.39, 0.29) is 0 Å². The Morgan fingerprint density at radius 2 is 2.00 bits per heavy atom. The summed E-state index contributed by atoms with van der Waals surface area (Å²) in [5.41, 5.74) is 7.29. The van der Waals surface area contributed by atoms with Crippen molar-refractivity contribution in [3.05, 3.63) is 39.7 Å². The summed E-state index contributed by atoms with van der Waals surface area (Å²) in [4.78, 5) is 4.30. The Balaban J connectivity index is 2.01. The first-order chi connectivity index (χ1) is 9.15. The first kappa shape index (κ1) is 12.5. The molecule has 0 aliphatic carbocycles. The quantitative estimate of drug-likeness (QED) is 0.764. The summed E-state index contributed by atoms with van der Waals surface area (Å²) < 4.78 is 5.20. The van der Waals surface area contributed by atoms with Gasteiger partial charge in [-0.15, -0.1) is 11.3 Å². The van der Waals surface area contributed by atoms with Gasteiger partial charge in [-0.3, -0.25) is 0 Å². The minimum absolute atomic E-state index is 0.389. The molecule has 0 aliphatic rings. The standard InChI is InChI=1S/C12H7Cl2N3OS/c13-8-2-1-6(5-9(8)14)11-16-12(18-17-11)7-3-4-19-10(7)15/h1-5H,15H2. The van der Waals surface area contributed by atoms with Gasteiger partial charge in [-0.25, -0.2) is 0 Å². The third-order valence-electron chi connectivity index (χ3n) is 2.53. The van der Waals surface area contributed by atoms with E-state index in [9.17, 15) is 0 Å². The first-order valence-electron chi connectivity index (χ1n) is 5.27. The average molecular weight is 312 g/mol. The summed E-state index contributed by atoms with van der Waals surface area (Å²) in [5.74, 6) is 0.832. The molecule has 0 atom stereocenters. The van der Waals surface area contributed by atoms with Crippen LogP contribution in [0.25, 0.3) is 22.8 Å². The summed E-state index contributed by atoms with van der Waals surface area (Å²) in [5, 5.41) is 7.35. The number of hydrogen-bond acceptors (Lipinski definition) is 5. The topological polar surface area (TPSA) is 64.9 Å². The number of aromatic nitrogens is 2. The fraction of sp³-hybridized carbons (Fsp3) is 0. The van der Waals surface area contributed by atoms with Crippen molar-refractivity contribution in [3.8, 4) is 22.8 Å². The number of anilines is 1. The highest BCUT2D eigenvalue weighted by atomic mass is 35.5. The SMILES string of the molecule is Nc1sccc1-c1nc(-c2ccc(Cl)c(Cl)c2)no1. The molecule has 0 spiro atoms. The van der Waals surface area contributed by atoms with E-state index >= 15 is 0 Å². The highest BCUT2D eigenvalue weighted by Crippen LogP contribution is 2.32. The van der Waals surface area contributed by atoms with Crippen molar-refractivity contribution in [1.82, 2.24) is 10.1 Å². The molecule has 0 radical (unpaired) electrons. The maximum atomic E-state index is 5.96. The van der Waals surface area contributed by atoms with Gasteiger partial charge in [0, 0.05) is 5.56 Å². The molecule has 0 amide bonds. The Hall–Kier alpha value is -1.56. The molecule has 3 rings (SSSR count). The maximum Gasteiger partial charge on any atom is 0.261 e. The number of nitrogens with two attached hydrogens (primary N) is 1. The van der Waals surface area contributed by atoms with Crippen LogP contribution in [0.4, 0.5) is 5.00 Å². The largest absolute Gasteiger partial charge is 0.390 e. The number of nitrogens with zero attached hydrogens (tertiary/aromatic N) is 2. The van der Waals surface area contributed by atoms with Crippen LogP contribution in [0.1, 0.15) is 0 Å². The molecule has 4 nitrogen and oxygen atoms in total. The summed E-state index contributed by atoms with van der Waals surface area (Å²) in [6, 6.07) is 7.00. The lowest BCUT2D eigenvalue weighted by Crippen LogP contribution is -1.84. The summed E-state index contributed by atoms with van der Waals surface area (Å²) >= 11 is 13.2. The third-order valence-corrected chi connectivity index (χ3v) is 4.01. The van der Waals surface area contributed by atoms with Crippen LogP contribution in [0.15, 0.2) is 34.2 Å². The molecule has 0 aliphatic heterocycles. The van der Waals surface area contributed by atoms with E-state index in [0.29, 0.717) is 26.8 Å². The monoisotopic (exact) mass is 311 g/mol. The Kier molecular flexibility index (Phi) is 3.18. The van der Waals surface area contributed by atoms with Crippen LogP contribution in [0, 0.1) is 0 Å². The van der Waals surface area contributed by atoms with Gasteiger partial charge in [-0.05, 0) is 29.6 Å². The fourth-order valence-corrected chi connectivity index (χ4v) is 2.51. The zero-order valence-corrected chi connectivity index (χ0v) is 11.8. The molecule has 3 aromatic rings. The number of nitrogen functional groups attached to an aromatic ring is 1. The van der Waals surface area contributed by atoms with E-state index in [1.807, 2.05) is 11.4 Å². The molecule has 2 N–H and O–H groups in total. The number of thiophene rings is 1. The van der Waals surface area contributed by atoms with E-state index in [2.05, 4.69) is 10.1 Å². The molecular weight excluding hydrogens is 305 g/mol. The molecule has 2 aromatic heterocycles. The van der Waals surface area contributed by atoms with Crippen LogP contribution in [0.3, 0.4) is 0 Å². The van der Waals surface area contributed by atoms with Crippen LogP contribution in [-0.4, -0.2) is 10.1 Å². The maximum absolute atomic E-state index is 5.96. The second kappa shape index (κ2) is 4.85. The predicted molar refractivity (Wildman–Crippen MR) is 77.5 cm³/mol. The molecule has 1 aromatic carbocycles. The minimum atomic E-state index is 0.389. The molecule has 96 valence electrons. The van der Waals surface area contributed by atoms with Crippen molar-refractivity contribution in [2.24, 2.45) is 0 Å². The lowest BCUT2D eigenvalue weighted by molar-refractivity contribution is 0.432. The molecule has 2 heterocycles. The zero-order chi connectivity index (χ0) is 13.4. The minimum Gasteiger partial charge on any atom is -0.390 e. The predicted octanol–water partition coefficient (Wildman–Crippen LogP) is 4.35. The molecule has 0 bridgehead atoms. The van der Waals surface area contributed by atoms with Gasteiger partial charge in [0.1, 0.15) is 0 Å². The van der Waals surface area contributed by atoms with Crippen molar-refractivity contribution >= 4 is 39.5 Å². The fourth-order valence-electron chi connectivity index (χ4n) is 1.58. The average Bonchev–Trinajstić information content (AvgIpc) is 3.01. The summed E-state index contributed by atoms with van der Waals surface area (Å²) in [6.07, 6.45) is 0. The Labute approximate surface area is 122 Å². The van der Waals surface area contributed by atoms with E-state index < -0.39 is 0 Å². The normalized spacial score (nSPS) is 10.8. The molecular formula is C12H7Cl2N3OS. The zero-order valence-electron chi connectivity index (χ0n) is 9.43. The van der Waals surface area contributed by atoms with Crippen LogP contribution < -0.4 is 5.73 Å². The molecule has 0 unspecified atom stereocenters. The number of hydrogen-bond donors (Lipinski definition) is 1. The Morgan fingerprint density at radius 1 is 1.16 bits per heavy atom. The molecule has 0 saturated carbocycles. The lowest BCUT2D eigenvalue weighted by atomic mass is 10.2. The smallest absolute Gasteiger partial charge is 0.261 e. The highest BCUT2D eigenvalue weighted by molar-refractivity contribution is 7.14. The van der Waals surface area contributed by atoms with Gasteiger partial charge in [0.2, 0.25) is 5.82 Å². The van der Waals surface area contributed by atoms with Crippen LogP contribution in [0.2, 0.25) is 10.0 Å². The lowest BCUT2D eigenvalue weighted by Gasteiger charge is -1.97. The molecule has 0 saturated heterocycles. The van der Waals surface area contributed by atoms with Crippen molar-refractivity contribution in [3.63, 3.8) is 0 Å². The van der Waals surface area contributed by atoms with Gasteiger partial charge in [0.15, 0.2) is 0 Å². The van der Waals surface area contributed by atoms with Crippen LogP contribution in [0.5, 0.6) is 0 Å². The third kappa shape index (κ3) is 2.32. The van der Waals surface area contributed by atoms with E-state index in [1.54, 1.807) is 18.2 Å². The molecule has 7 heteroatoms. The molecule has 19 heavy (non-hydrogen) atoms. The van der Waals surface area contributed by atoms with Gasteiger partial charge in [-0.1, -0.05) is 28.4 Å². The van der Waals surface area contributed by atoms with Gasteiger partial charge in [0.05, 0.1) is 20.6 Å².